The van der Waals surface area contributed by atoms with E-state index in [-0.39, 0.29) is 19.4 Å². The van der Waals surface area contributed by atoms with Gasteiger partial charge in [0.05, 0.1) is 13.2 Å². The van der Waals surface area contributed by atoms with Crippen LogP contribution >= 0.6 is 7.82 Å². The molecule has 11 nitrogen and oxygen atoms in total. The van der Waals surface area contributed by atoms with Gasteiger partial charge in [-0.3, -0.25) is 23.4 Å². The number of carbonyl (C=O) groups excluding carboxylic acids is 2. The predicted octanol–water partition coefficient (Wildman–Crippen LogP) is 11.9. The van der Waals surface area contributed by atoms with Crippen LogP contribution in [0.4, 0.5) is 0 Å². The molecule has 4 N–H and O–H groups in total. The molecule has 0 amide bonds. The Morgan fingerprint density at radius 1 is 0.491 bits per heavy atom. The Morgan fingerprint density at radius 3 is 1.15 bits per heavy atom. The largest absolute Gasteiger partial charge is 0.480 e. The SMILES string of the molecule is CCCCCCCCCCCCCCCCCCCCCCCC(=O)OC[C@@H](COP(=O)(O)OC[C@H](N)C(=O)O)OC(=O)CCCCCCCCCCCC. The summed E-state index contributed by atoms with van der Waals surface area (Å²) in [4.78, 5) is 45.9. The molecule has 0 aromatic heterocycles. The standard InChI is InChI=1S/C43H84NO10P/c1-3-5-7-9-11-13-15-16-17-18-19-20-21-22-23-24-25-27-28-30-32-34-41(45)51-36-39(37-52-55(49,50)53-38-40(44)43(47)48)54-42(46)35-33-31-29-26-14-12-10-8-6-4-2/h39-40H,3-38,44H2,1-2H3,(H,47,48)(H,49,50)/t39-,40-/m0/s1. The number of aliphatic carboxylic acids is 1. The van der Waals surface area contributed by atoms with Crippen molar-refractivity contribution in [1.29, 1.82) is 0 Å². The van der Waals surface area contributed by atoms with Crippen LogP contribution in [0.15, 0.2) is 0 Å². The van der Waals surface area contributed by atoms with Crippen LogP contribution in [0.3, 0.4) is 0 Å². The lowest BCUT2D eigenvalue weighted by atomic mass is 10.0. The summed E-state index contributed by atoms with van der Waals surface area (Å²) in [6, 6.07) is -1.52. The van der Waals surface area contributed by atoms with Crippen molar-refractivity contribution in [3.05, 3.63) is 0 Å². The normalized spacial score (nSPS) is 13.7. The molecule has 1 unspecified atom stereocenters. The third-order valence-corrected chi connectivity index (χ3v) is 11.1. The maximum absolute atomic E-state index is 12.6. The van der Waals surface area contributed by atoms with Crippen LogP contribution < -0.4 is 5.73 Å². The number of phosphoric ester groups is 1. The van der Waals surface area contributed by atoms with Gasteiger partial charge in [0.25, 0.3) is 0 Å². The summed E-state index contributed by atoms with van der Waals surface area (Å²) >= 11 is 0. The van der Waals surface area contributed by atoms with Gasteiger partial charge < -0.3 is 25.2 Å². The van der Waals surface area contributed by atoms with Crippen molar-refractivity contribution in [1.82, 2.24) is 0 Å². The van der Waals surface area contributed by atoms with Gasteiger partial charge in [0.1, 0.15) is 12.6 Å². The van der Waals surface area contributed by atoms with Gasteiger partial charge in [0.2, 0.25) is 0 Å². The molecule has 0 aromatic carbocycles. The number of rotatable bonds is 43. The van der Waals surface area contributed by atoms with E-state index < -0.39 is 51.1 Å². The third kappa shape index (κ3) is 39.1. The number of unbranched alkanes of at least 4 members (excludes halogenated alkanes) is 29. The topological polar surface area (TPSA) is 172 Å². The van der Waals surface area contributed by atoms with E-state index >= 15 is 0 Å². The Hall–Kier alpha value is -1.52. The van der Waals surface area contributed by atoms with Crippen LogP contribution in [-0.2, 0) is 37.5 Å². The van der Waals surface area contributed by atoms with E-state index in [1.165, 1.54) is 148 Å². The lowest BCUT2D eigenvalue weighted by Crippen LogP contribution is -2.34. The first-order valence-electron chi connectivity index (χ1n) is 22.6. The summed E-state index contributed by atoms with van der Waals surface area (Å²) in [5, 5.41) is 8.87. The molecule has 12 heteroatoms. The molecule has 0 saturated heterocycles. The summed E-state index contributed by atoms with van der Waals surface area (Å²) in [7, 11) is -4.70. The molecule has 0 aliphatic rings. The van der Waals surface area contributed by atoms with Gasteiger partial charge in [0, 0.05) is 12.8 Å². The average molecular weight is 806 g/mol. The van der Waals surface area contributed by atoms with Crippen molar-refractivity contribution in [2.45, 2.75) is 238 Å². The molecule has 0 bridgehead atoms. The van der Waals surface area contributed by atoms with Crippen molar-refractivity contribution in [3.63, 3.8) is 0 Å². The number of carbonyl (C=O) groups is 3. The number of esters is 2. The Labute approximate surface area is 335 Å². The highest BCUT2D eigenvalue weighted by molar-refractivity contribution is 7.47. The lowest BCUT2D eigenvalue weighted by Gasteiger charge is -2.20. The van der Waals surface area contributed by atoms with Crippen molar-refractivity contribution in [2.75, 3.05) is 19.8 Å². The second kappa shape index (κ2) is 39.3. The van der Waals surface area contributed by atoms with Crippen LogP contribution in [0.5, 0.6) is 0 Å². The highest BCUT2D eigenvalue weighted by Crippen LogP contribution is 2.43. The van der Waals surface area contributed by atoms with E-state index in [1.54, 1.807) is 0 Å². The minimum absolute atomic E-state index is 0.168. The molecule has 0 aliphatic heterocycles. The molecule has 326 valence electrons. The van der Waals surface area contributed by atoms with E-state index in [9.17, 15) is 23.8 Å². The first-order valence-corrected chi connectivity index (χ1v) is 24.1. The lowest BCUT2D eigenvalue weighted by molar-refractivity contribution is -0.161. The van der Waals surface area contributed by atoms with Crippen LogP contribution in [0.2, 0.25) is 0 Å². The van der Waals surface area contributed by atoms with E-state index in [4.69, 9.17) is 24.8 Å². The van der Waals surface area contributed by atoms with E-state index in [1.807, 2.05) is 0 Å². The number of carboxylic acids is 1. The quantitative estimate of drug-likeness (QED) is 0.0304. The van der Waals surface area contributed by atoms with Crippen LogP contribution in [0.1, 0.15) is 226 Å². The minimum Gasteiger partial charge on any atom is -0.480 e. The first-order chi connectivity index (χ1) is 26.6. The molecule has 0 aromatic rings. The van der Waals surface area contributed by atoms with Gasteiger partial charge in [-0.2, -0.15) is 0 Å². The monoisotopic (exact) mass is 806 g/mol. The maximum Gasteiger partial charge on any atom is 0.472 e. The molecule has 3 atom stereocenters. The fraction of sp³-hybridized carbons (Fsp3) is 0.930. The Bertz CT molecular complexity index is 952. The average Bonchev–Trinajstić information content (AvgIpc) is 3.16. The molecule has 0 spiro atoms. The molecule has 0 aliphatic carbocycles. The maximum atomic E-state index is 12.6. The minimum atomic E-state index is -4.70. The van der Waals surface area contributed by atoms with Crippen LogP contribution in [0, 0.1) is 0 Å². The second-order valence-electron chi connectivity index (χ2n) is 15.6. The van der Waals surface area contributed by atoms with E-state index in [2.05, 4.69) is 18.4 Å². The number of ether oxygens (including phenoxy) is 2. The van der Waals surface area contributed by atoms with Crippen LogP contribution in [-0.4, -0.2) is 59.9 Å². The van der Waals surface area contributed by atoms with Gasteiger partial charge in [-0.05, 0) is 12.8 Å². The Morgan fingerprint density at radius 2 is 0.800 bits per heavy atom. The van der Waals surface area contributed by atoms with Crippen molar-refractivity contribution < 1.29 is 47.5 Å². The van der Waals surface area contributed by atoms with Crippen molar-refractivity contribution in [2.24, 2.45) is 5.73 Å². The zero-order chi connectivity index (χ0) is 40.7. The third-order valence-electron chi connectivity index (χ3n) is 10.1. The highest BCUT2D eigenvalue weighted by Gasteiger charge is 2.28. The summed E-state index contributed by atoms with van der Waals surface area (Å²) in [6.07, 6.45) is 37.5. The van der Waals surface area contributed by atoms with Crippen molar-refractivity contribution in [3.8, 4) is 0 Å². The van der Waals surface area contributed by atoms with Crippen LogP contribution in [0.25, 0.3) is 0 Å². The smallest absolute Gasteiger partial charge is 0.472 e. The van der Waals surface area contributed by atoms with E-state index in [0.717, 1.165) is 38.5 Å². The molecular formula is C43H84NO10P. The number of hydrogen-bond acceptors (Lipinski definition) is 9. The summed E-state index contributed by atoms with van der Waals surface area (Å²) in [6.45, 7) is 2.82. The number of carboxylic acid groups (broad SMARTS) is 1. The molecule has 55 heavy (non-hydrogen) atoms. The van der Waals surface area contributed by atoms with Gasteiger partial charge in [-0.15, -0.1) is 0 Å². The highest BCUT2D eigenvalue weighted by atomic mass is 31.2. The molecular weight excluding hydrogens is 721 g/mol. The fourth-order valence-electron chi connectivity index (χ4n) is 6.54. The van der Waals surface area contributed by atoms with Gasteiger partial charge in [-0.25, -0.2) is 4.57 Å². The summed E-state index contributed by atoms with van der Waals surface area (Å²) < 4.78 is 32.7. The number of hydrogen-bond donors (Lipinski definition) is 3. The molecule has 0 heterocycles. The molecule has 0 saturated carbocycles. The number of phosphoric acid groups is 1. The zero-order valence-corrected chi connectivity index (χ0v) is 36.2. The predicted molar refractivity (Wildman–Crippen MR) is 222 cm³/mol. The first kappa shape index (κ1) is 53.5. The Balaban J connectivity index is 4.17. The number of nitrogens with two attached hydrogens (primary N) is 1. The molecule has 0 radical (unpaired) electrons. The molecule has 0 rings (SSSR count). The van der Waals surface area contributed by atoms with Crippen molar-refractivity contribution >= 4 is 25.7 Å². The van der Waals surface area contributed by atoms with Gasteiger partial charge >= 0.3 is 25.7 Å². The fourth-order valence-corrected chi connectivity index (χ4v) is 7.32. The molecule has 0 fully saturated rings. The Kier molecular flexibility index (Phi) is 38.2. The van der Waals surface area contributed by atoms with Gasteiger partial charge in [-0.1, -0.05) is 200 Å². The summed E-state index contributed by atoms with van der Waals surface area (Å²) in [5.74, 6) is -2.36. The summed E-state index contributed by atoms with van der Waals surface area (Å²) in [5.41, 5.74) is 5.33. The zero-order valence-electron chi connectivity index (χ0n) is 35.3. The van der Waals surface area contributed by atoms with Gasteiger partial charge in [0.15, 0.2) is 6.10 Å². The second-order valence-corrected chi connectivity index (χ2v) is 17.0. The van der Waals surface area contributed by atoms with E-state index in [0.29, 0.717) is 12.8 Å².